The van der Waals surface area contributed by atoms with Gasteiger partial charge >= 0.3 is 5.97 Å². The fourth-order valence-electron chi connectivity index (χ4n) is 4.02. The van der Waals surface area contributed by atoms with Crippen molar-refractivity contribution < 1.29 is 19.1 Å². The molecule has 10 heteroatoms. The zero-order valence-electron chi connectivity index (χ0n) is 18.6. The normalized spacial score (nSPS) is 15.8. The maximum absolute atomic E-state index is 12.0. The fraction of sp³-hybridized carbons (Fsp3) is 0.292. The summed E-state index contributed by atoms with van der Waals surface area (Å²) >= 11 is 0. The number of ether oxygens (including phenoxy) is 1. The van der Waals surface area contributed by atoms with Crippen molar-refractivity contribution in [3.63, 3.8) is 0 Å². The summed E-state index contributed by atoms with van der Waals surface area (Å²) in [6.07, 6.45) is 1.08. The molecule has 4 rings (SSSR count). The monoisotopic (exact) mass is 506 g/mol. The molecule has 0 radical (unpaired) electrons. The Hall–Kier alpha value is -3.23. The molecule has 8 nitrogen and oxygen atoms in total. The molecule has 2 aromatic carbocycles. The lowest BCUT2D eigenvalue weighted by Gasteiger charge is -2.18. The van der Waals surface area contributed by atoms with Gasteiger partial charge in [0.2, 0.25) is 0 Å². The Kier molecular flexibility index (Phi) is 8.95. The Bertz CT molecular complexity index is 1180. The third-order valence-corrected chi connectivity index (χ3v) is 5.79. The van der Waals surface area contributed by atoms with Gasteiger partial charge in [0.05, 0.1) is 18.3 Å². The minimum absolute atomic E-state index is 0. The number of aliphatic carboxylic acids is 1. The van der Waals surface area contributed by atoms with Crippen LogP contribution in [0.15, 0.2) is 52.9 Å². The number of furan rings is 1. The number of carbonyl (C=O) groups is 1. The van der Waals surface area contributed by atoms with Gasteiger partial charge in [-0.05, 0) is 48.9 Å². The molecule has 34 heavy (non-hydrogen) atoms. The lowest BCUT2D eigenvalue weighted by atomic mass is 9.94. The highest BCUT2D eigenvalue weighted by atomic mass is 35.5. The number of nitrogen functional groups attached to an aromatic ring is 1. The molecule has 1 unspecified atom stereocenters. The number of benzene rings is 2. The summed E-state index contributed by atoms with van der Waals surface area (Å²) < 4.78 is 11.8. The molecule has 0 aliphatic carbocycles. The molecule has 0 saturated carbocycles. The van der Waals surface area contributed by atoms with Gasteiger partial charge in [0.25, 0.3) is 0 Å². The first-order valence-electron chi connectivity index (χ1n) is 10.5. The number of nitrogens with zero attached hydrogens (tertiary/aromatic N) is 1. The molecule has 1 fully saturated rings. The lowest BCUT2D eigenvalue weighted by Crippen LogP contribution is -2.28. The van der Waals surface area contributed by atoms with Gasteiger partial charge in [0.1, 0.15) is 29.0 Å². The van der Waals surface area contributed by atoms with Crippen molar-refractivity contribution >= 4 is 53.4 Å². The molecule has 182 valence electrons. The van der Waals surface area contributed by atoms with Crippen molar-refractivity contribution in [1.29, 1.82) is 10.8 Å². The summed E-state index contributed by atoms with van der Waals surface area (Å²) in [4.78, 5) is 14.0. The minimum Gasteiger partial charge on any atom is -0.489 e. The summed E-state index contributed by atoms with van der Waals surface area (Å²) in [6, 6.07) is 14.1. The van der Waals surface area contributed by atoms with E-state index in [1.54, 1.807) is 55.5 Å². The summed E-state index contributed by atoms with van der Waals surface area (Å²) in [5, 5.41) is 25.9. The van der Waals surface area contributed by atoms with E-state index in [0.717, 1.165) is 18.4 Å². The number of likely N-dealkylation sites (tertiary alicyclic amines) is 1. The number of rotatable bonds is 7. The first kappa shape index (κ1) is 27.0. The molecule has 3 aromatic rings. The van der Waals surface area contributed by atoms with Crippen LogP contribution in [0.5, 0.6) is 5.75 Å². The van der Waals surface area contributed by atoms with Crippen molar-refractivity contribution in [1.82, 2.24) is 4.90 Å². The van der Waals surface area contributed by atoms with Crippen molar-refractivity contribution in [2.24, 2.45) is 5.73 Å². The number of nitrogens with two attached hydrogens (primary N) is 1. The number of hydrogen-bond donors (Lipinski definition) is 4. The van der Waals surface area contributed by atoms with E-state index in [1.807, 2.05) is 4.90 Å². The Balaban J connectivity index is 0.00000204. The van der Waals surface area contributed by atoms with Crippen LogP contribution in [0, 0.1) is 10.8 Å². The second-order valence-electron chi connectivity index (χ2n) is 8.10. The highest BCUT2D eigenvalue weighted by Crippen LogP contribution is 2.28. The van der Waals surface area contributed by atoms with E-state index in [0.29, 0.717) is 40.6 Å². The summed E-state index contributed by atoms with van der Waals surface area (Å²) in [5.74, 6) is 0.0581. The van der Waals surface area contributed by atoms with Gasteiger partial charge in [-0.1, -0.05) is 12.1 Å². The van der Waals surface area contributed by atoms with E-state index >= 15 is 0 Å². The first-order valence-corrected chi connectivity index (χ1v) is 10.5. The van der Waals surface area contributed by atoms with Crippen molar-refractivity contribution in [3.05, 3.63) is 65.4 Å². The quantitative estimate of drug-likeness (QED) is 0.276. The van der Waals surface area contributed by atoms with E-state index in [2.05, 4.69) is 0 Å². The Morgan fingerprint density at radius 3 is 2.50 bits per heavy atom. The van der Waals surface area contributed by atoms with E-state index in [4.69, 9.17) is 25.7 Å². The van der Waals surface area contributed by atoms with E-state index < -0.39 is 11.9 Å². The number of amidine groups is 2. The van der Waals surface area contributed by atoms with Gasteiger partial charge in [0, 0.05) is 30.3 Å². The smallest absolute Gasteiger partial charge is 0.311 e. The fourth-order valence-corrected chi connectivity index (χ4v) is 4.02. The van der Waals surface area contributed by atoms with Crippen molar-refractivity contribution in [2.75, 3.05) is 13.1 Å². The van der Waals surface area contributed by atoms with Gasteiger partial charge < -0.3 is 24.9 Å². The largest absolute Gasteiger partial charge is 0.489 e. The van der Waals surface area contributed by atoms with Crippen LogP contribution < -0.4 is 10.5 Å². The van der Waals surface area contributed by atoms with E-state index in [9.17, 15) is 9.90 Å². The molecule has 0 amide bonds. The van der Waals surface area contributed by atoms with Crippen LogP contribution in [-0.2, 0) is 11.2 Å². The number of carboxylic acids is 1. The van der Waals surface area contributed by atoms with Gasteiger partial charge in [-0.2, -0.15) is 0 Å². The standard InChI is InChI=1S/C24H26N4O4.2ClH/c1-14(25)28-9-8-19(13-28)31-18-5-2-15(3-6-18)21(24(29)30)12-20-11-17-10-16(23(26)27)4-7-22(17)32-20;;/h2-7,10-11,19,21,25H,8-9,12-13H2,1H3,(H3,26,27)(H,29,30);2*1H/t19-,21?;;/m0../s1. The third-order valence-electron chi connectivity index (χ3n) is 5.79. The molecule has 2 atom stereocenters. The SMILES string of the molecule is CC(=N)N1CC[C@H](Oc2ccc(C(Cc3cc4cc(C(=N)N)ccc4o3)C(=O)O)cc2)C1.Cl.Cl. The van der Waals surface area contributed by atoms with Crippen LogP contribution in [0.3, 0.4) is 0 Å². The lowest BCUT2D eigenvalue weighted by molar-refractivity contribution is -0.138. The van der Waals surface area contributed by atoms with Crippen LogP contribution in [0.25, 0.3) is 11.0 Å². The van der Waals surface area contributed by atoms with Gasteiger partial charge in [-0.3, -0.25) is 15.6 Å². The van der Waals surface area contributed by atoms with Crippen molar-refractivity contribution in [3.8, 4) is 5.75 Å². The number of fused-ring (bicyclic) bond motifs is 1. The molecule has 1 saturated heterocycles. The number of hydrogen-bond acceptors (Lipinski definition) is 5. The van der Waals surface area contributed by atoms with Crippen LogP contribution in [0.1, 0.15) is 36.1 Å². The molecular weight excluding hydrogens is 479 g/mol. The molecule has 1 aliphatic heterocycles. The number of nitrogens with one attached hydrogen (secondary N) is 2. The average molecular weight is 507 g/mol. The minimum atomic E-state index is -0.934. The zero-order valence-corrected chi connectivity index (χ0v) is 20.2. The Labute approximate surface area is 209 Å². The number of carboxylic acid groups (broad SMARTS) is 1. The third kappa shape index (κ3) is 6.01. The summed E-state index contributed by atoms with van der Waals surface area (Å²) in [7, 11) is 0. The molecule has 0 bridgehead atoms. The maximum Gasteiger partial charge on any atom is 0.311 e. The summed E-state index contributed by atoms with van der Waals surface area (Å²) in [5.41, 5.74) is 7.43. The molecule has 1 aliphatic rings. The number of halogens is 2. The highest BCUT2D eigenvalue weighted by molar-refractivity contribution is 5.98. The highest BCUT2D eigenvalue weighted by Gasteiger charge is 2.25. The van der Waals surface area contributed by atoms with E-state index in [-0.39, 0.29) is 43.2 Å². The van der Waals surface area contributed by atoms with Gasteiger partial charge in [-0.15, -0.1) is 24.8 Å². The second-order valence-corrected chi connectivity index (χ2v) is 8.10. The predicted octanol–water partition coefficient (Wildman–Crippen LogP) is 4.42. The Morgan fingerprint density at radius 1 is 1.21 bits per heavy atom. The van der Waals surface area contributed by atoms with Crippen LogP contribution in [0.2, 0.25) is 0 Å². The van der Waals surface area contributed by atoms with Gasteiger partial charge in [-0.25, -0.2) is 0 Å². The second kappa shape index (κ2) is 11.3. The Morgan fingerprint density at radius 2 is 1.91 bits per heavy atom. The van der Waals surface area contributed by atoms with E-state index in [1.165, 1.54) is 0 Å². The van der Waals surface area contributed by atoms with Crippen molar-refractivity contribution in [2.45, 2.75) is 31.8 Å². The summed E-state index contributed by atoms with van der Waals surface area (Å²) in [6.45, 7) is 3.27. The topological polar surface area (TPSA) is 137 Å². The molecule has 2 heterocycles. The molecule has 1 aromatic heterocycles. The molecule has 0 spiro atoms. The first-order chi connectivity index (χ1) is 15.3. The maximum atomic E-state index is 12.0. The van der Waals surface area contributed by atoms with Crippen LogP contribution >= 0.6 is 24.8 Å². The average Bonchev–Trinajstić information content (AvgIpc) is 3.38. The van der Waals surface area contributed by atoms with Crippen LogP contribution in [0.4, 0.5) is 0 Å². The molecule has 5 N–H and O–H groups in total. The zero-order chi connectivity index (χ0) is 22.8. The van der Waals surface area contributed by atoms with Gasteiger partial charge in [0.15, 0.2) is 0 Å². The predicted molar refractivity (Wildman–Crippen MR) is 136 cm³/mol. The van der Waals surface area contributed by atoms with Crippen LogP contribution in [-0.4, -0.2) is 46.8 Å². The molecular formula is C24H28Cl2N4O4.